The second-order valence-corrected chi connectivity index (χ2v) is 5.11. The molecule has 2 rings (SSSR count). The van der Waals surface area contributed by atoms with Gasteiger partial charge in [-0.2, -0.15) is 0 Å². The van der Waals surface area contributed by atoms with E-state index in [9.17, 15) is 0 Å². The van der Waals surface area contributed by atoms with Crippen molar-refractivity contribution in [1.82, 2.24) is 4.48 Å². The highest BCUT2D eigenvalue weighted by Crippen LogP contribution is 2.34. The van der Waals surface area contributed by atoms with Gasteiger partial charge in [0.2, 0.25) is 0 Å². The van der Waals surface area contributed by atoms with Crippen molar-refractivity contribution in [3.8, 4) is 0 Å². The predicted octanol–water partition coefficient (Wildman–Crippen LogP) is 5.99. The fourth-order valence-corrected chi connectivity index (χ4v) is 2.62. The highest BCUT2D eigenvalue weighted by atomic mass is 15.3. The van der Waals surface area contributed by atoms with Crippen LogP contribution < -0.4 is 4.48 Å². The summed E-state index contributed by atoms with van der Waals surface area (Å²) in [5, 5.41) is 0. The Kier molecular flexibility index (Phi) is 5.93. The van der Waals surface area contributed by atoms with Crippen molar-refractivity contribution in [2.75, 3.05) is 6.54 Å². The molecule has 1 heteroatoms. The summed E-state index contributed by atoms with van der Waals surface area (Å²) in [7, 11) is 0. The van der Waals surface area contributed by atoms with E-state index in [-0.39, 0.29) is 0 Å². The number of para-hydroxylation sites is 2. The molecule has 0 aromatic heterocycles. The Bertz CT molecular complexity index is 597. The van der Waals surface area contributed by atoms with Crippen molar-refractivity contribution in [3.63, 3.8) is 0 Å². The summed E-state index contributed by atoms with van der Waals surface area (Å²) in [6.07, 6.45) is 12.6. The zero-order chi connectivity index (χ0) is 15.7. The first-order valence-electron chi connectivity index (χ1n) is 7.79. The molecule has 0 radical (unpaired) electrons. The van der Waals surface area contributed by atoms with Crippen molar-refractivity contribution in [3.05, 3.63) is 97.2 Å². The molecule has 0 unspecified atom stereocenters. The minimum atomic E-state index is 0.710. The summed E-state index contributed by atoms with van der Waals surface area (Å²) in [6.45, 7) is 5.20. The van der Waals surface area contributed by atoms with Crippen LogP contribution in [0.4, 0.5) is 11.4 Å². The molecule has 0 saturated carbocycles. The molecule has 2 aromatic rings. The van der Waals surface area contributed by atoms with Gasteiger partial charge in [0.05, 0.1) is 6.54 Å². The van der Waals surface area contributed by atoms with Crippen molar-refractivity contribution in [2.24, 2.45) is 0 Å². The quantitative estimate of drug-likeness (QED) is 0.452. The average molecular weight is 290 g/mol. The van der Waals surface area contributed by atoms with Crippen LogP contribution in [0.2, 0.25) is 0 Å². The Labute approximate surface area is 134 Å². The Hall–Kier alpha value is -2.38. The van der Waals surface area contributed by atoms with Gasteiger partial charge in [-0.1, -0.05) is 60.7 Å². The second-order valence-electron chi connectivity index (χ2n) is 5.11. The maximum absolute atomic E-state index is 2.25. The standard InChI is InChI=1S/C21H24N/c1-3-5-6-7-14-19-22(4-2,20-15-10-8-11-16-20)21-17-12-9-13-18-21/h3,5-19H,4H2,1-2H3/q+1/b5-3-,7-6-,19-14+. The summed E-state index contributed by atoms with van der Waals surface area (Å²) in [4.78, 5) is 0. The summed E-state index contributed by atoms with van der Waals surface area (Å²) in [5.74, 6) is 0. The summed E-state index contributed by atoms with van der Waals surface area (Å²) < 4.78 is 0.710. The van der Waals surface area contributed by atoms with Crippen LogP contribution in [0.15, 0.2) is 97.2 Å². The molecule has 22 heavy (non-hydrogen) atoms. The first-order valence-corrected chi connectivity index (χ1v) is 7.79. The van der Waals surface area contributed by atoms with Crippen LogP contribution in [0.25, 0.3) is 0 Å². The molecule has 0 fully saturated rings. The van der Waals surface area contributed by atoms with E-state index in [0.29, 0.717) is 4.48 Å². The van der Waals surface area contributed by atoms with E-state index in [0.717, 1.165) is 6.54 Å². The van der Waals surface area contributed by atoms with E-state index >= 15 is 0 Å². The summed E-state index contributed by atoms with van der Waals surface area (Å²) in [6, 6.07) is 21.3. The van der Waals surface area contributed by atoms with Gasteiger partial charge in [0.1, 0.15) is 17.6 Å². The van der Waals surface area contributed by atoms with E-state index in [1.807, 2.05) is 19.1 Å². The predicted molar refractivity (Wildman–Crippen MR) is 98.0 cm³/mol. The molecule has 0 bridgehead atoms. The van der Waals surface area contributed by atoms with E-state index in [2.05, 4.69) is 92.0 Å². The van der Waals surface area contributed by atoms with Gasteiger partial charge >= 0.3 is 0 Å². The maximum atomic E-state index is 2.25. The SMILES string of the molecule is C\C=C/C=C\C=C\[N+](CC)(c1ccccc1)c1ccccc1. The number of benzene rings is 2. The van der Waals surface area contributed by atoms with Crippen LogP contribution in [-0.4, -0.2) is 6.54 Å². The Morgan fingerprint density at radius 3 is 1.68 bits per heavy atom. The molecule has 112 valence electrons. The summed E-state index contributed by atoms with van der Waals surface area (Å²) >= 11 is 0. The van der Waals surface area contributed by atoms with Gasteiger partial charge in [-0.25, -0.2) is 4.48 Å². The summed E-state index contributed by atoms with van der Waals surface area (Å²) in [5.41, 5.74) is 2.54. The Balaban J connectivity index is 2.48. The molecule has 0 N–H and O–H groups in total. The fourth-order valence-electron chi connectivity index (χ4n) is 2.62. The van der Waals surface area contributed by atoms with E-state index in [1.54, 1.807) is 0 Å². The number of rotatable bonds is 6. The smallest absolute Gasteiger partial charge is 0.142 e. The number of hydrogen-bond donors (Lipinski definition) is 0. The zero-order valence-corrected chi connectivity index (χ0v) is 13.4. The minimum absolute atomic E-state index is 0.710. The third-order valence-electron chi connectivity index (χ3n) is 3.80. The highest BCUT2D eigenvalue weighted by molar-refractivity contribution is 5.60. The fraction of sp³-hybridized carbons (Fsp3) is 0.143. The van der Waals surface area contributed by atoms with Crippen LogP contribution in [0, 0.1) is 0 Å². The van der Waals surface area contributed by atoms with Gasteiger partial charge in [0.25, 0.3) is 0 Å². The van der Waals surface area contributed by atoms with Crippen LogP contribution >= 0.6 is 0 Å². The first-order chi connectivity index (χ1) is 10.8. The third kappa shape index (κ3) is 3.63. The number of allylic oxidation sites excluding steroid dienone is 5. The van der Waals surface area contributed by atoms with Crippen molar-refractivity contribution in [1.29, 1.82) is 0 Å². The molecular formula is C21H24N+. The van der Waals surface area contributed by atoms with Crippen molar-refractivity contribution < 1.29 is 0 Å². The maximum Gasteiger partial charge on any atom is 0.142 e. The largest absolute Gasteiger partial charge is 0.233 e. The van der Waals surface area contributed by atoms with Crippen molar-refractivity contribution in [2.45, 2.75) is 13.8 Å². The van der Waals surface area contributed by atoms with Crippen LogP contribution in [-0.2, 0) is 0 Å². The number of nitrogens with zero attached hydrogens (tertiary/aromatic N) is 1. The third-order valence-corrected chi connectivity index (χ3v) is 3.80. The minimum Gasteiger partial charge on any atom is -0.233 e. The van der Waals surface area contributed by atoms with E-state index in [4.69, 9.17) is 0 Å². The average Bonchev–Trinajstić information content (AvgIpc) is 2.60. The number of hydrogen-bond acceptors (Lipinski definition) is 0. The molecule has 1 nitrogen and oxygen atoms in total. The first kappa shape index (κ1) is 16.0. The Morgan fingerprint density at radius 2 is 1.23 bits per heavy atom. The molecule has 2 aromatic carbocycles. The van der Waals surface area contributed by atoms with Crippen LogP contribution in [0.1, 0.15) is 13.8 Å². The highest BCUT2D eigenvalue weighted by Gasteiger charge is 2.28. The molecule has 0 atom stereocenters. The second kappa shape index (κ2) is 8.16. The van der Waals surface area contributed by atoms with Gasteiger partial charge in [0, 0.05) is 0 Å². The van der Waals surface area contributed by atoms with Gasteiger partial charge in [-0.15, -0.1) is 0 Å². The lowest BCUT2D eigenvalue weighted by Crippen LogP contribution is -2.37. The normalized spacial score (nSPS) is 12.6. The Morgan fingerprint density at radius 1 is 0.727 bits per heavy atom. The molecule has 0 aliphatic carbocycles. The molecule has 0 heterocycles. The molecule has 0 aliphatic heterocycles. The molecule has 0 amide bonds. The van der Waals surface area contributed by atoms with Gasteiger partial charge in [0.15, 0.2) is 0 Å². The lowest BCUT2D eigenvalue weighted by molar-refractivity contribution is 0.531. The molecular weight excluding hydrogens is 266 g/mol. The molecule has 0 saturated heterocycles. The van der Waals surface area contributed by atoms with Gasteiger partial charge in [-0.05, 0) is 44.2 Å². The van der Waals surface area contributed by atoms with E-state index < -0.39 is 0 Å². The monoisotopic (exact) mass is 290 g/mol. The zero-order valence-electron chi connectivity index (χ0n) is 13.4. The van der Waals surface area contributed by atoms with Crippen LogP contribution in [0.3, 0.4) is 0 Å². The van der Waals surface area contributed by atoms with Gasteiger partial charge < -0.3 is 0 Å². The molecule has 0 aliphatic rings. The van der Waals surface area contributed by atoms with Crippen LogP contribution in [0.5, 0.6) is 0 Å². The van der Waals surface area contributed by atoms with E-state index in [1.165, 1.54) is 11.4 Å². The number of quaternary nitrogens is 1. The lowest BCUT2D eigenvalue weighted by Gasteiger charge is -2.32. The topological polar surface area (TPSA) is 0 Å². The van der Waals surface area contributed by atoms with Gasteiger partial charge in [-0.3, -0.25) is 0 Å². The lowest BCUT2D eigenvalue weighted by atomic mass is 10.1. The molecule has 0 spiro atoms. The van der Waals surface area contributed by atoms with Crippen molar-refractivity contribution >= 4 is 11.4 Å².